The van der Waals surface area contributed by atoms with E-state index in [-0.39, 0.29) is 46.2 Å². The van der Waals surface area contributed by atoms with Gasteiger partial charge in [0.1, 0.15) is 27.8 Å². The largest absolute Gasteiger partial charge is 0.465 e. The molecule has 150 valence electrons. The molecule has 2 aromatic rings. The van der Waals surface area contributed by atoms with E-state index in [1.807, 2.05) is 0 Å². The molecular formula is C19H12ClF4N3O2. The molecule has 0 bridgehead atoms. The van der Waals surface area contributed by atoms with E-state index in [0.29, 0.717) is 6.07 Å². The third-order valence-corrected chi connectivity index (χ3v) is 5.25. The topological polar surface area (TPSA) is 63.6 Å². The highest BCUT2D eigenvalue weighted by molar-refractivity contribution is 6.33. The molecule has 4 rings (SSSR count). The molecule has 1 N–H and O–H groups in total. The molecule has 0 fully saturated rings. The summed E-state index contributed by atoms with van der Waals surface area (Å²) in [5.74, 6) is -5.02. The second-order valence-electron chi connectivity index (χ2n) is 6.50. The van der Waals surface area contributed by atoms with Gasteiger partial charge in [-0.25, -0.2) is 32.3 Å². The lowest BCUT2D eigenvalue weighted by atomic mass is 9.83. The Hall–Kier alpha value is -2.94. The number of aliphatic imine (C=N–C) groups is 1. The Morgan fingerprint density at radius 1 is 1.24 bits per heavy atom. The lowest BCUT2D eigenvalue weighted by molar-refractivity contribution is -0.137. The highest BCUT2D eigenvalue weighted by Crippen LogP contribution is 2.49. The molecule has 1 atom stereocenters. The zero-order valence-electron chi connectivity index (χ0n) is 14.8. The van der Waals surface area contributed by atoms with E-state index >= 15 is 0 Å². The minimum atomic E-state index is -1.54. The number of aromatic nitrogens is 1. The second-order valence-corrected chi connectivity index (χ2v) is 6.88. The number of carbonyl (C=O) groups is 1. The molecule has 10 heteroatoms. The Bertz CT molecular complexity index is 1120. The predicted octanol–water partition coefficient (Wildman–Crippen LogP) is 3.45. The van der Waals surface area contributed by atoms with Crippen molar-refractivity contribution < 1.29 is 27.1 Å². The first kappa shape index (κ1) is 19.4. The molecule has 29 heavy (non-hydrogen) atoms. The smallest absolute Gasteiger partial charge is 0.339 e. The van der Waals surface area contributed by atoms with Crippen LogP contribution in [0.3, 0.4) is 0 Å². The van der Waals surface area contributed by atoms with Crippen molar-refractivity contribution in [2.24, 2.45) is 4.99 Å². The molecule has 1 aromatic heterocycles. The lowest BCUT2D eigenvalue weighted by Crippen LogP contribution is -2.41. The number of rotatable bonds is 2. The monoisotopic (exact) mass is 425 g/mol. The minimum Gasteiger partial charge on any atom is -0.465 e. The normalized spacial score (nSPS) is 20.4. The fourth-order valence-electron chi connectivity index (χ4n) is 3.73. The van der Waals surface area contributed by atoms with Crippen molar-refractivity contribution in [3.63, 3.8) is 0 Å². The Kier molecular flexibility index (Phi) is 4.57. The van der Waals surface area contributed by atoms with Crippen LogP contribution in [0.2, 0.25) is 0 Å². The molecule has 0 amide bonds. The molecule has 0 saturated heterocycles. The zero-order valence-corrected chi connectivity index (χ0v) is 15.6. The number of esters is 1. The molecule has 1 aliphatic heterocycles. The number of nitrogens with zero attached hydrogens (tertiary/aromatic N) is 2. The SMILES string of the molecule is COC(=O)C1=C(Cl)NC(c2ncc(F)cc2F)=NC12CCc1c2ccc(F)c1F. The van der Waals surface area contributed by atoms with Crippen LogP contribution < -0.4 is 5.32 Å². The van der Waals surface area contributed by atoms with E-state index in [0.717, 1.165) is 19.4 Å². The molecule has 1 spiro atoms. The van der Waals surface area contributed by atoms with Crippen LogP contribution >= 0.6 is 11.6 Å². The van der Waals surface area contributed by atoms with Crippen molar-refractivity contribution in [2.75, 3.05) is 7.11 Å². The third kappa shape index (κ3) is 2.88. The molecule has 5 nitrogen and oxygen atoms in total. The molecule has 1 aliphatic carbocycles. The van der Waals surface area contributed by atoms with E-state index in [9.17, 15) is 22.4 Å². The number of hydrogen-bond acceptors (Lipinski definition) is 5. The number of amidine groups is 1. The Labute approximate surface area is 167 Å². The van der Waals surface area contributed by atoms with Crippen LogP contribution in [0.1, 0.15) is 23.2 Å². The molecule has 1 unspecified atom stereocenters. The fourth-order valence-corrected chi connectivity index (χ4v) is 4.05. The van der Waals surface area contributed by atoms with Crippen LogP contribution in [-0.2, 0) is 21.5 Å². The van der Waals surface area contributed by atoms with Gasteiger partial charge in [-0.15, -0.1) is 0 Å². The maximum atomic E-state index is 14.4. The number of carbonyl (C=O) groups excluding carboxylic acids is 1. The molecule has 2 heterocycles. The summed E-state index contributed by atoms with van der Waals surface area (Å²) in [6.07, 6.45) is 0.900. The average Bonchev–Trinajstić information content (AvgIpc) is 3.03. The van der Waals surface area contributed by atoms with Crippen LogP contribution in [0, 0.1) is 23.3 Å². The van der Waals surface area contributed by atoms with Crippen molar-refractivity contribution in [1.82, 2.24) is 10.3 Å². The van der Waals surface area contributed by atoms with Gasteiger partial charge >= 0.3 is 5.97 Å². The van der Waals surface area contributed by atoms with Crippen LogP contribution in [0.5, 0.6) is 0 Å². The summed E-state index contributed by atoms with van der Waals surface area (Å²) in [5, 5.41) is 2.34. The molecular weight excluding hydrogens is 414 g/mol. The number of ether oxygens (including phenoxy) is 1. The van der Waals surface area contributed by atoms with Gasteiger partial charge in [0.05, 0.1) is 13.3 Å². The maximum Gasteiger partial charge on any atom is 0.339 e. The number of hydrogen-bond donors (Lipinski definition) is 1. The van der Waals surface area contributed by atoms with Gasteiger partial charge in [-0.05, 0) is 30.0 Å². The van der Waals surface area contributed by atoms with E-state index in [1.165, 1.54) is 6.07 Å². The van der Waals surface area contributed by atoms with Gasteiger partial charge in [0.15, 0.2) is 23.3 Å². The van der Waals surface area contributed by atoms with Gasteiger partial charge in [-0.1, -0.05) is 17.7 Å². The molecule has 0 radical (unpaired) electrons. The van der Waals surface area contributed by atoms with E-state index in [4.69, 9.17) is 16.3 Å². The molecule has 1 aromatic carbocycles. The Morgan fingerprint density at radius 3 is 2.69 bits per heavy atom. The number of nitrogens with one attached hydrogen (secondary N) is 1. The number of fused-ring (bicyclic) bond motifs is 2. The van der Waals surface area contributed by atoms with Crippen LogP contribution in [0.4, 0.5) is 17.6 Å². The molecule has 0 saturated carbocycles. The standard InChI is InChI=1S/C19H12ClF4N3O2/c1-29-18(28)13-16(20)26-17(15-12(23)6-8(21)7-25-15)27-19(13)5-4-9-10(19)2-3-11(22)14(9)24/h2-3,6-7H,4-5H2,1H3,(H,26,27). The first-order valence-electron chi connectivity index (χ1n) is 8.42. The van der Waals surface area contributed by atoms with Crippen molar-refractivity contribution >= 4 is 23.4 Å². The van der Waals surface area contributed by atoms with Gasteiger partial charge in [-0.2, -0.15) is 0 Å². The number of pyridine rings is 1. The third-order valence-electron chi connectivity index (χ3n) is 4.96. The minimum absolute atomic E-state index is 0.0356. The highest BCUT2D eigenvalue weighted by Gasteiger charge is 2.50. The summed E-state index contributed by atoms with van der Waals surface area (Å²) in [6.45, 7) is 0. The summed E-state index contributed by atoms with van der Waals surface area (Å²) in [6, 6.07) is 2.83. The van der Waals surface area contributed by atoms with E-state index in [2.05, 4.69) is 15.3 Å². The van der Waals surface area contributed by atoms with Crippen molar-refractivity contribution in [3.05, 3.63) is 75.2 Å². The maximum absolute atomic E-state index is 14.4. The van der Waals surface area contributed by atoms with Crippen molar-refractivity contribution in [1.29, 1.82) is 0 Å². The summed E-state index contributed by atoms with van der Waals surface area (Å²) < 4.78 is 60.4. The van der Waals surface area contributed by atoms with Crippen molar-refractivity contribution in [3.8, 4) is 0 Å². The average molecular weight is 426 g/mol. The van der Waals surface area contributed by atoms with Crippen LogP contribution in [-0.4, -0.2) is 23.9 Å². The fraction of sp³-hybridized carbons (Fsp3) is 0.211. The quantitative estimate of drug-likeness (QED) is 0.455. The Morgan fingerprint density at radius 2 is 2.00 bits per heavy atom. The van der Waals surface area contributed by atoms with Gasteiger partial charge in [-0.3, -0.25) is 0 Å². The lowest BCUT2D eigenvalue weighted by Gasteiger charge is -2.33. The van der Waals surface area contributed by atoms with E-state index < -0.39 is 34.8 Å². The first-order chi connectivity index (χ1) is 13.8. The zero-order chi connectivity index (χ0) is 20.9. The number of benzene rings is 1. The van der Waals surface area contributed by atoms with Gasteiger partial charge in [0.25, 0.3) is 0 Å². The first-order valence-corrected chi connectivity index (χ1v) is 8.80. The Balaban J connectivity index is 1.98. The molecule has 2 aliphatic rings. The van der Waals surface area contributed by atoms with Crippen molar-refractivity contribution in [2.45, 2.75) is 18.4 Å². The van der Waals surface area contributed by atoms with E-state index in [1.54, 1.807) is 0 Å². The highest BCUT2D eigenvalue weighted by atomic mass is 35.5. The summed E-state index contributed by atoms with van der Waals surface area (Å²) in [5.41, 5.74) is -1.77. The van der Waals surface area contributed by atoms with Gasteiger partial charge in [0.2, 0.25) is 0 Å². The second kappa shape index (κ2) is 6.84. The predicted molar refractivity (Wildman–Crippen MR) is 95.1 cm³/mol. The van der Waals surface area contributed by atoms with Gasteiger partial charge < -0.3 is 10.1 Å². The number of halogens is 5. The van der Waals surface area contributed by atoms with Gasteiger partial charge in [0, 0.05) is 6.07 Å². The summed E-state index contributed by atoms with van der Waals surface area (Å²) >= 11 is 6.29. The van der Waals surface area contributed by atoms with Crippen LogP contribution in [0.15, 0.2) is 40.1 Å². The van der Waals surface area contributed by atoms with Crippen LogP contribution in [0.25, 0.3) is 0 Å². The number of methoxy groups -OCH3 is 1. The summed E-state index contributed by atoms with van der Waals surface area (Å²) in [7, 11) is 1.13. The summed E-state index contributed by atoms with van der Waals surface area (Å²) in [4.78, 5) is 20.6.